The molecule has 0 atom stereocenters. The van der Waals surface area contributed by atoms with Crippen LogP contribution in [-0.4, -0.2) is 9.97 Å². The van der Waals surface area contributed by atoms with Crippen molar-refractivity contribution in [1.29, 1.82) is 0 Å². The third-order valence-electron chi connectivity index (χ3n) is 2.36. The minimum Gasteiger partial charge on any atom is -0.237 e. The number of nitrogens with zero attached hydrogens (tertiary/aromatic N) is 2. The van der Waals surface area contributed by atoms with Gasteiger partial charge in [-0.2, -0.15) is 26.3 Å². The molecule has 2 nitrogen and oxygen atoms in total. The third-order valence-corrected chi connectivity index (χ3v) is 2.36. The SMILES string of the molecule is FC(F)(F)c1cc(-c2n[c]ccn2)cc(C(F)(F)F)c1. The molecule has 0 unspecified atom stereocenters. The van der Waals surface area contributed by atoms with Crippen LogP contribution in [0, 0.1) is 6.20 Å². The van der Waals surface area contributed by atoms with Crippen LogP contribution in [0.5, 0.6) is 0 Å². The second-order valence-corrected chi connectivity index (χ2v) is 3.80. The summed E-state index contributed by atoms with van der Waals surface area (Å²) < 4.78 is 75.8. The minimum absolute atomic E-state index is 0.0517. The van der Waals surface area contributed by atoms with Gasteiger partial charge in [-0.15, -0.1) is 0 Å². The fourth-order valence-electron chi connectivity index (χ4n) is 1.49. The quantitative estimate of drug-likeness (QED) is 0.743. The van der Waals surface area contributed by atoms with Crippen LogP contribution in [0.1, 0.15) is 11.1 Å². The van der Waals surface area contributed by atoms with Crippen LogP contribution in [0.3, 0.4) is 0 Å². The lowest BCUT2D eigenvalue weighted by Crippen LogP contribution is -2.11. The van der Waals surface area contributed by atoms with Crippen LogP contribution in [0.4, 0.5) is 26.3 Å². The van der Waals surface area contributed by atoms with Gasteiger partial charge in [-0.05, 0) is 24.3 Å². The third kappa shape index (κ3) is 3.06. The summed E-state index contributed by atoms with van der Waals surface area (Å²) in [7, 11) is 0. The molecule has 1 heterocycles. The molecule has 0 aliphatic carbocycles. The minimum atomic E-state index is -4.89. The van der Waals surface area contributed by atoms with Crippen LogP contribution in [0.2, 0.25) is 0 Å². The number of halogens is 6. The number of rotatable bonds is 1. The smallest absolute Gasteiger partial charge is 0.237 e. The lowest BCUT2D eigenvalue weighted by Gasteiger charge is -2.13. The molecule has 0 N–H and O–H groups in total. The summed E-state index contributed by atoms with van der Waals surface area (Å²) in [5, 5.41) is 0. The van der Waals surface area contributed by atoms with Crippen LogP contribution >= 0.6 is 0 Å². The topological polar surface area (TPSA) is 25.8 Å². The molecule has 1 aromatic heterocycles. The number of aromatic nitrogens is 2. The van der Waals surface area contributed by atoms with E-state index in [1.54, 1.807) is 0 Å². The van der Waals surface area contributed by atoms with E-state index in [-0.39, 0.29) is 17.5 Å². The zero-order valence-corrected chi connectivity index (χ0v) is 9.55. The molecular formula is C12H5F6N2. The molecule has 8 heteroatoms. The molecule has 105 valence electrons. The van der Waals surface area contributed by atoms with E-state index in [9.17, 15) is 26.3 Å². The van der Waals surface area contributed by atoms with Gasteiger partial charge in [0.1, 0.15) is 0 Å². The van der Waals surface area contributed by atoms with Gasteiger partial charge in [-0.1, -0.05) is 0 Å². The van der Waals surface area contributed by atoms with E-state index >= 15 is 0 Å². The molecular weight excluding hydrogens is 286 g/mol. The van der Waals surface area contributed by atoms with Gasteiger partial charge in [0.2, 0.25) is 0 Å². The Morgan fingerprint density at radius 2 is 1.40 bits per heavy atom. The molecule has 0 fully saturated rings. The van der Waals surface area contributed by atoms with Crippen molar-refractivity contribution < 1.29 is 26.3 Å². The van der Waals surface area contributed by atoms with Gasteiger partial charge in [0.25, 0.3) is 0 Å². The van der Waals surface area contributed by atoms with Crippen LogP contribution < -0.4 is 0 Å². The fourth-order valence-corrected chi connectivity index (χ4v) is 1.49. The molecule has 0 bridgehead atoms. The number of benzene rings is 1. The second-order valence-electron chi connectivity index (χ2n) is 3.80. The molecule has 2 aromatic rings. The number of alkyl halides is 6. The molecule has 1 radical (unpaired) electrons. The van der Waals surface area contributed by atoms with Crippen LogP contribution in [0.15, 0.2) is 30.5 Å². The largest absolute Gasteiger partial charge is 0.416 e. The first kappa shape index (κ1) is 14.3. The average Bonchev–Trinajstić information content (AvgIpc) is 2.37. The summed E-state index contributed by atoms with van der Waals surface area (Å²) in [6.07, 6.45) is -6.31. The van der Waals surface area contributed by atoms with Crippen molar-refractivity contribution in [3.8, 4) is 11.4 Å². The van der Waals surface area contributed by atoms with E-state index in [1.165, 1.54) is 12.3 Å². The maximum atomic E-state index is 12.6. The molecule has 0 aliphatic heterocycles. The summed E-state index contributed by atoms with van der Waals surface area (Å²) in [5.74, 6) is -0.260. The molecule has 0 amide bonds. The number of hydrogen-bond donors (Lipinski definition) is 0. The Morgan fingerprint density at radius 1 is 0.850 bits per heavy atom. The van der Waals surface area contributed by atoms with Crippen molar-refractivity contribution in [2.75, 3.05) is 0 Å². The maximum Gasteiger partial charge on any atom is 0.416 e. The molecule has 0 saturated carbocycles. The normalized spacial score (nSPS) is 12.5. The van der Waals surface area contributed by atoms with Gasteiger partial charge < -0.3 is 0 Å². The van der Waals surface area contributed by atoms with Crippen molar-refractivity contribution in [2.45, 2.75) is 12.4 Å². The molecule has 0 aliphatic rings. The molecule has 0 saturated heterocycles. The Labute approximate surface area is 109 Å². The molecule has 2 rings (SSSR count). The van der Waals surface area contributed by atoms with E-state index in [1.807, 2.05) is 0 Å². The summed E-state index contributed by atoms with van der Waals surface area (Å²) in [6, 6.07) is 2.47. The highest BCUT2D eigenvalue weighted by molar-refractivity contribution is 5.58. The number of hydrogen-bond acceptors (Lipinski definition) is 2. The molecule has 1 aromatic carbocycles. The second kappa shape index (κ2) is 4.77. The first-order chi connectivity index (χ1) is 9.18. The van der Waals surface area contributed by atoms with Crippen molar-refractivity contribution in [2.24, 2.45) is 0 Å². The van der Waals surface area contributed by atoms with Crippen LogP contribution in [-0.2, 0) is 12.4 Å². The Balaban J connectivity index is 2.64. The summed E-state index contributed by atoms with van der Waals surface area (Å²) in [5.41, 5.74) is -3.19. The Bertz CT molecular complexity index is 571. The van der Waals surface area contributed by atoms with Gasteiger partial charge in [0, 0.05) is 11.8 Å². The van der Waals surface area contributed by atoms with Gasteiger partial charge in [0.15, 0.2) is 5.82 Å². The first-order valence-corrected chi connectivity index (χ1v) is 5.17. The Kier molecular flexibility index (Phi) is 3.41. The maximum absolute atomic E-state index is 12.6. The highest BCUT2D eigenvalue weighted by Crippen LogP contribution is 2.37. The molecule has 20 heavy (non-hydrogen) atoms. The zero-order valence-electron chi connectivity index (χ0n) is 9.55. The summed E-state index contributed by atoms with van der Waals surface area (Å²) >= 11 is 0. The lowest BCUT2D eigenvalue weighted by molar-refractivity contribution is -0.143. The monoisotopic (exact) mass is 291 g/mol. The summed E-state index contributed by atoms with van der Waals surface area (Å²) in [6.45, 7) is 0. The van der Waals surface area contributed by atoms with E-state index in [4.69, 9.17) is 0 Å². The van der Waals surface area contributed by atoms with Gasteiger partial charge >= 0.3 is 12.4 Å². The first-order valence-electron chi connectivity index (χ1n) is 5.17. The van der Waals surface area contributed by atoms with Gasteiger partial charge in [-0.25, -0.2) is 9.97 Å². The molecule has 0 spiro atoms. The highest BCUT2D eigenvalue weighted by atomic mass is 19.4. The van der Waals surface area contributed by atoms with Crippen molar-refractivity contribution in [1.82, 2.24) is 9.97 Å². The predicted octanol–water partition coefficient (Wildman–Crippen LogP) is 3.98. The van der Waals surface area contributed by atoms with E-state index in [2.05, 4.69) is 16.2 Å². The zero-order chi connectivity index (χ0) is 15.0. The van der Waals surface area contributed by atoms with Crippen molar-refractivity contribution >= 4 is 0 Å². The standard InChI is InChI=1S/C12H5F6N2/c13-11(14,15)8-4-7(10-19-2-1-3-20-10)5-9(6-8)12(16,17)18/h1-2,4-6H. The summed E-state index contributed by atoms with van der Waals surface area (Å²) in [4.78, 5) is 7.14. The Morgan fingerprint density at radius 3 is 1.80 bits per heavy atom. The van der Waals surface area contributed by atoms with E-state index < -0.39 is 23.5 Å². The van der Waals surface area contributed by atoms with Crippen LogP contribution in [0.25, 0.3) is 11.4 Å². The fraction of sp³-hybridized carbons (Fsp3) is 0.167. The van der Waals surface area contributed by atoms with Crippen molar-refractivity contribution in [3.05, 3.63) is 47.8 Å². The van der Waals surface area contributed by atoms with E-state index in [0.29, 0.717) is 12.1 Å². The van der Waals surface area contributed by atoms with Gasteiger partial charge in [0.05, 0.1) is 17.3 Å². The highest BCUT2D eigenvalue weighted by Gasteiger charge is 2.37. The van der Waals surface area contributed by atoms with Gasteiger partial charge in [-0.3, -0.25) is 0 Å². The average molecular weight is 291 g/mol. The van der Waals surface area contributed by atoms with E-state index in [0.717, 1.165) is 0 Å². The lowest BCUT2D eigenvalue weighted by atomic mass is 10.0. The predicted molar refractivity (Wildman–Crippen MR) is 56.3 cm³/mol. The van der Waals surface area contributed by atoms with Crippen molar-refractivity contribution in [3.63, 3.8) is 0 Å². The Hall–Kier alpha value is -2.12.